The minimum Gasteiger partial charge on any atom is -0.384 e. The van der Waals surface area contributed by atoms with E-state index in [1.807, 2.05) is 0 Å². The van der Waals surface area contributed by atoms with Crippen molar-refractivity contribution in [3.05, 3.63) is 17.7 Å². The molecule has 0 aliphatic rings. The number of hydrogen-bond acceptors (Lipinski definition) is 4. The SMILES string of the molecule is CCCCOCCNc1cc(C(F)(F)F)cc(N)n1. The first-order chi connectivity index (χ1) is 8.93. The van der Waals surface area contributed by atoms with Crippen molar-refractivity contribution in [1.82, 2.24) is 4.98 Å². The maximum Gasteiger partial charge on any atom is 0.416 e. The summed E-state index contributed by atoms with van der Waals surface area (Å²) in [6.07, 6.45) is -2.42. The maximum absolute atomic E-state index is 12.5. The van der Waals surface area contributed by atoms with Crippen molar-refractivity contribution in [3.8, 4) is 0 Å². The molecular formula is C12H18F3N3O. The Kier molecular flexibility index (Phi) is 5.88. The highest BCUT2D eigenvalue weighted by Gasteiger charge is 2.31. The Morgan fingerprint density at radius 3 is 2.68 bits per heavy atom. The second-order valence-electron chi connectivity index (χ2n) is 4.06. The van der Waals surface area contributed by atoms with Gasteiger partial charge in [0.25, 0.3) is 0 Å². The molecule has 0 aliphatic heterocycles. The van der Waals surface area contributed by atoms with Crippen molar-refractivity contribution in [2.45, 2.75) is 25.9 Å². The molecule has 0 radical (unpaired) electrons. The van der Waals surface area contributed by atoms with Crippen LogP contribution in [0.5, 0.6) is 0 Å². The van der Waals surface area contributed by atoms with Gasteiger partial charge < -0.3 is 15.8 Å². The first kappa shape index (κ1) is 15.6. The van der Waals surface area contributed by atoms with E-state index < -0.39 is 11.7 Å². The van der Waals surface area contributed by atoms with Crippen molar-refractivity contribution in [2.24, 2.45) is 0 Å². The van der Waals surface area contributed by atoms with Gasteiger partial charge in [-0.2, -0.15) is 13.2 Å². The number of nitrogens with one attached hydrogen (secondary N) is 1. The highest BCUT2D eigenvalue weighted by molar-refractivity contribution is 5.47. The number of ether oxygens (including phenoxy) is 1. The van der Waals surface area contributed by atoms with E-state index in [1.165, 1.54) is 0 Å². The van der Waals surface area contributed by atoms with E-state index in [1.54, 1.807) is 0 Å². The number of pyridine rings is 1. The van der Waals surface area contributed by atoms with Crippen LogP contribution in [0.2, 0.25) is 0 Å². The Bertz CT molecular complexity index is 396. The molecule has 4 nitrogen and oxygen atoms in total. The Morgan fingerprint density at radius 2 is 2.05 bits per heavy atom. The van der Waals surface area contributed by atoms with E-state index in [-0.39, 0.29) is 11.6 Å². The molecule has 0 aliphatic carbocycles. The number of nitrogens with zero attached hydrogens (tertiary/aromatic N) is 1. The average Bonchev–Trinajstić information content (AvgIpc) is 2.32. The van der Waals surface area contributed by atoms with Crippen LogP contribution in [-0.4, -0.2) is 24.7 Å². The van der Waals surface area contributed by atoms with E-state index in [2.05, 4.69) is 17.2 Å². The molecule has 1 rings (SSSR count). The zero-order valence-electron chi connectivity index (χ0n) is 10.8. The average molecular weight is 277 g/mol. The van der Waals surface area contributed by atoms with E-state index in [0.29, 0.717) is 19.8 Å². The molecule has 0 unspecified atom stereocenters. The summed E-state index contributed by atoms with van der Waals surface area (Å²) in [5, 5.41) is 2.76. The summed E-state index contributed by atoms with van der Waals surface area (Å²) in [4.78, 5) is 3.79. The molecule has 0 fully saturated rings. The first-order valence-corrected chi connectivity index (χ1v) is 6.10. The number of aromatic nitrogens is 1. The fourth-order valence-corrected chi connectivity index (χ4v) is 1.41. The fraction of sp³-hybridized carbons (Fsp3) is 0.583. The number of halogens is 3. The van der Waals surface area contributed by atoms with E-state index in [9.17, 15) is 13.2 Å². The summed E-state index contributed by atoms with van der Waals surface area (Å²) >= 11 is 0. The van der Waals surface area contributed by atoms with Gasteiger partial charge in [-0.15, -0.1) is 0 Å². The van der Waals surface area contributed by atoms with Gasteiger partial charge in [0.2, 0.25) is 0 Å². The third-order valence-electron chi connectivity index (χ3n) is 2.37. The lowest BCUT2D eigenvalue weighted by Gasteiger charge is -2.11. The monoisotopic (exact) mass is 277 g/mol. The summed E-state index contributed by atoms with van der Waals surface area (Å²) in [5.74, 6) is -0.0596. The number of nitrogen functional groups attached to an aromatic ring is 1. The van der Waals surface area contributed by atoms with Gasteiger partial charge in [0.1, 0.15) is 11.6 Å². The predicted octanol–water partition coefficient (Wildman–Crippen LogP) is 2.91. The normalized spacial score (nSPS) is 11.6. The van der Waals surface area contributed by atoms with Gasteiger partial charge in [-0.3, -0.25) is 0 Å². The minimum atomic E-state index is -4.43. The Hall–Kier alpha value is -1.50. The maximum atomic E-state index is 12.5. The van der Waals surface area contributed by atoms with Crippen LogP contribution in [0.25, 0.3) is 0 Å². The van der Waals surface area contributed by atoms with E-state index in [0.717, 1.165) is 25.0 Å². The highest BCUT2D eigenvalue weighted by Crippen LogP contribution is 2.31. The van der Waals surface area contributed by atoms with E-state index in [4.69, 9.17) is 10.5 Å². The van der Waals surface area contributed by atoms with Gasteiger partial charge in [0.05, 0.1) is 12.2 Å². The molecule has 0 saturated carbocycles. The van der Waals surface area contributed by atoms with Crippen molar-refractivity contribution in [2.75, 3.05) is 30.8 Å². The largest absolute Gasteiger partial charge is 0.416 e. The van der Waals surface area contributed by atoms with Crippen LogP contribution in [0.4, 0.5) is 24.8 Å². The Balaban J connectivity index is 2.48. The molecule has 108 valence electrons. The van der Waals surface area contributed by atoms with Crippen molar-refractivity contribution < 1.29 is 17.9 Å². The lowest BCUT2D eigenvalue weighted by Crippen LogP contribution is -2.13. The molecule has 19 heavy (non-hydrogen) atoms. The fourth-order valence-electron chi connectivity index (χ4n) is 1.41. The van der Waals surface area contributed by atoms with Crippen LogP contribution >= 0.6 is 0 Å². The third-order valence-corrected chi connectivity index (χ3v) is 2.37. The third kappa shape index (κ3) is 5.78. The van der Waals surface area contributed by atoms with Gasteiger partial charge in [0.15, 0.2) is 0 Å². The molecule has 0 amide bonds. The number of alkyl halides is 3. The van der Waals surface area contributed by atoms with Crippen molar-refractivity contribution in [1.29, 1.82) is 0 Å². The molecule has 0 aromatic carbocycles. The summed E-state index contributed by atoms with van der Waals surface area (Å²) in [7, 11) is 0. The van der Waals surface area contributed by atoms with E-state index >= 15 is 0 Å². The molecule has 1 heterocycles. The Morgan fingerprint density at radius 1 is 1.32 bits per heavy atom. The molecule has 1 aromatic heterocycles. The lowest BCUT2D eigenvalue weighted by molar-refractivity contribution is -0.137. The van der Waals surface area contributed by atoms with Crippen LogP contribution in [0.15, 0.2) is 12.1 Å². The zero-order valence-corrected chi connectivity index (χ0v) is 10.8. The smallest absolute Gasteiger partial charge is 0.384 e. The number of rotatable bonds is 7. The van der Waals surface area contributed by atoms with Gasteiger partial charge in [-0.1, -0.05) is 13.3 Å². The summed E-state index contributed by atoms with van der Waals surface area (Å²) in [5.41, 5.74) is 4.53. The topological polar surface area (TPSA) is 60.2 Å². The molecule has 7 heteroatoms. The van der Waals surface area contributed by atoms with Crippen LogP contribution in [0, 0.1) is 0 Å². The molecule has 0 bridgehead atoms. The van der Waals surface area contributed by atoms with Gasteiger partial charge in [0, 0.05) is 13.2 Å². The summed E-state index contributed by atoms with van der Waals surface area (Å²) < 4.78 is 42.9. The number of hydrogen-bond donors (Lipinski definition) is 2. The van der Waals surface area contributed by atoms with Gasteiger partial charge in [-0.05, 0) is 18.6 Å². The zero-order chi connectivity index (χ0) is 14.3. The Labute approximate surface area is 110 Å². The van der Waals surface area contributed by atoms with Crippen LogP contribution in [-0.2, 0) is 10.9 Å². The van der Waals surface area contributed by atoms with Crippen LogP contribution in [0.3, 0.4) is 0 Å². The standard InChI is InChI=1S/C12H18F3N3O/c1-2-3-5-19-6-4-17-11-8-9(12(13,14)15)7-10(16)18-11/h7-8H,2-6H2,1H3,(H3,16,17,18). The summed E-state index contributed by atoms with van der Waals surface area (Å²) in [6, 6.07) is 1.74. The highest BCUT2D eigenvalue weighted by atomic mass is 19.4. The first-order valence-electron chi connectivity index (χ1n) is 6.10. The van der Waals surface area contributed by atoms with Gasteiger partial charge in [-0.25, -0.2) is 4.98 Å². The predicted molar refractivity (Wildman–Crippen MR) is 67.9 cm³/mol. The van der Waals surface area contributed by atoms with Crippen LogP contribution < -0.4 is 11.1 Å². The molecule has 3 N–H and O–H groups in total. The quantitative estimate of drug-likeness (QED) is 0.752. The second kappa shape index (κ2) is 7.18. The lowest BCUT2D eigenvalue weighted by atomic mass is 10.2. The second-order valence-corrected chi connectivity index (χ2v) is 4.06. The molecule has 0 saturated heterocycles. The molecule has 0 atom stereocenters. The number of nitrogens with two attached hydrogens (primary N) is 1. The molecule has 0 spiro atoms. The number of anilines is 2. The number of unbranched alkanes of at least 4 members (excludes halogenated alkanes) is 1. The van der Waals surface area contributed by atoms with Crippen molar-refractivity contribution in [3.63, 3.8) is 0 Å². The summed E-state index contributed by atoms with van der Waals surface area (Å²) in [6.45, 7) is 3.50. The minimum absolute atomic E-state index is 0.103. The van der Waals surface area contributed by atoms with Crippen LogP contribution in [0.1, 0.15) is 25.3 Å². The molecular weight excluding hydrogens is 259 g/mol. The van der Waals surface area contributed by atoms with Gasteiger partial charge >= 0.3 is 6.18 Å². The molecule has 1 aromatic rings. The van der Waals surface area contributed by atoms with Crippen molar-refractivity contribution >= 4 is 11.6 Å².